The van der Waals surface area contributed by atoms with Gasteiger partial charge in [0, 0.05) is 23.5 Å². The second kappa shape index (κ2) is 9.32. The Hall–Kier alpha value is -3.48. The van der Waals surface area contributed by atoms with E-state index in [9.17, 15) is 24.9 Å². The molecule has 3 N–H and O–H groups in total. The lowest BCUT2D eigenvalue weighted by molar-refractivity contribution is -0.450. The van der Waals surface area contributed by atoms with Crippen molar-refractivity contribution in [3.63, 3.8) is 0 Å². The highest BCUT2D eigenvalue weighted by atomic mass is 16.9. The highest BCUT2D eigenvalue weighted by Crippen LogP contribution is 2.76. The summed E-state index contributed by atoms with van der Waals surface area (Å²) in [5.41, 5.74) is -7.13. The molecule has 6 aliphatic rings. The third-order valence-corrected chi connectivity index (χ3v) is 11.7. The highest BCUT2D eigenvalue weighted by molar-refractivity contribution is 6.02. The van der Waals surface area contributed by atoms with Crippen LogP contribution in [0.5, 0.6) is 0 Å². The second-order valence-corrected chi connectivity index (χ2v) is 13.7. The Morgan fingerprint density at radius 2 is 1.72 bits per heavy atom. The third kappa shape index (κ3) is 3.20. The number of aliphatic hydroxyl groups excluding tert-OH is 2. The predicted molar refractivity (Wildman–Crippen MR) is 161 cm³/mol. The number of ether oxygens (including phenoxy) is 5. The summed E-state index contributed by atoms with van der Waals surface area (Å²) in [5.74, 6) is -4.93. The number of carbonyl (C=O) groups excluding carboxylic acids is 2. The summed E-state index contributed by atoms with van der Waals surface area (Å²) < 4.78 is 33.4. The SMILES string of the molecule is C=C(C)C12OC3(c4ccccc4)OC1[C@@H]1[C@@H]4O[C@]4(CO)[C@@H](O)[C@]4(O)C(=O)C=C[C@@]4(C)C1(O3)[C@H](C)[C@H]2OC(=O)/C=C/c1ccccc1. The van der Waals surface area contributed by atoms with Gasteiger partial charge in [-0.2, -0.15) is 0 Å². The Morgan fingerprint density at radius 3 is 2.37 bits per heavy atom. The first kappa shape index (κ1) is 29.9. The van der Waals surface area contributed by atoms with Gasteiger partial charge in [-0.3, -0.25) is 4.79 Å². The van der Waals surface area contributed by atoms with Gasteiger partial charge in [-0.05, 0) is 37.1 Å². The van der Waals surface area contributed by atoms with Gasteiger partial charge in [-0.25, -0.2) is 4.79 Å². The fourth-order valence-corrected chi connectivity index (χ4v) is 9.43. The van der Waals surface area contributed by atoms with E-state index in [0.29, 0.717) is 11.1 Å². The Bertz CT molecular complexity index is 1710. The summed E-state index contributed by atoms with van der Waals surface area (Å²) in [5, 5.41) is 35.0. The first-order chi connectivity index (χ1) is 21.9. The second-order valence-electron chi connectivity index (χ2n) is 13.7. The van der Waals surface area contributed by atoms with Gasteiger partial charge < -0.3 is 39.0 Å². The molecule has 2 aromatic carbocycles. The molecule has 12 atom stereocenters. The first-order valence-electron chi connectivity index (χ1n) is 15.5. The lowest BCUT2D eigenvalue weighted by Crippen LogP contribution is -2.79. The summed E-state index contributed by atoms with van der Waals surface area (Å²) in [7, 11) is 0. The lowest BCUT2D eigenvalue weighted by atomic mass is 9.48. The first-order valence-corrected chi connectivity index (χ1v) is 15.5. The van der Waals surface area contributed by atoms with Crippen LogP contribution in [0.15, 0.2) is 91.0 Å². The number of aliphatic hydroxyl groups is 3. The molecule has 3 heterocycles. The molecule has 3 aliphatic carbocycles. The summed E-state index contributed by atoms with van der Waals surface area (Å²) in [6.45, 7) is 8.87. The molecule has 3 bridgehead atoms. The molecule has 0 radical (unpaired) electrons. The summed E-state index contributed by atoms with van der Waals surface area (Å²) >= 11 is 0. The third-order valence-electron chi connectivity index (χ3n) is 11.7. The Kier molecular flexibility index (Phi) is 6.06. The zero-order valence-electron chi connectivity index (χ0n) is 25.7. The molecule has 0 aromatic heterocycles. The van der Waals surface area contributed by atoms with E-state index in [1.54, 1.807) is 50.3 Å². The molecular weight excluding hydrogens is 592 g/mol. The summed E-state index contributed by atoms with van der Waals surface area (Å²) in [4.78, 5) is 27.3. The maximum Gasteiger partial charge on any atom is 0.331 e. The van der Waals surface area contributed by atoms with Crippen molar-refractivity contribution in [2.24, 2.45) is 17.3 Å². The van der Waals surface area contributed by atoms with Crippen LogP contribution in [0.3, 0.4) is 0 Å². The zero-order valence-corrected chi connectivity index (χ0v) is 25.7. The van der Waals surface area contributed by atoms with Gasteiger partial charge in [0.1, 0.15) is 35.6 Å². The smallest absolute Gasteiger partial charge is 0.331 e. The van der Waals surface area contributed by atoms with Crippen molar-refractivity contribution in [3.8, 4) is 0 Å². The monoisotopic (exact) mass is 628 g/mol. The molecule has 46 heavy (non-hydrogen) atoms. The lowest BCUT2D eigenvalue weighted by Gasteiger charge is -2.64. The van der Waals surface area contributed by atoms with Crippen LogP contribution >= 0.6 is 0 Å². The van der Waals surface area contributed by atoms with Gasteiger partial charge in [0.15, 0.2) is 17.0 Å². The summed E-state index contributed by atoms with van der Waals surface area (Å²) in [6.07, 6.45) is 0.950. The van der Waals surface area contributed by atoms with E-state index in [0.717, 1.165) is 5.56 Å². The van der Waals surface area contributed by atoms with Gasteiger partial charge in [-0.15, -0.1) is 0 Å². The maximum absolute atomic E-state index is 13.7. The minimum absolute atomic E-state index is 0.490. The molecule has 10 nitrogen and oxygen atoms in total. The Labute approximate surface area is 265 Å². The highest BCUT2D eigenvalue weighted by Gasteiger charge is 2.92. The van der Waals surface area contributed by atoms with E-state index in [1.165, 1.54) is 12.2 Å². The molecular formula is C36H36O10. The summed E-state index contributed by atoms with van der Waals surface area (Å²) in [6, 6.07) is 18.3. The molecule has 5 fully saturated rings. The van der Waals surface area contributed by atoms with Crippen LogP contribution in [0.4, 0.5) is 0 Å². The predicted octanol–water partition coefficient (Wildman–Crippen LogP) is 2.57. The van der Waals surface area contributed by atoms with Crippen LogP contribution in [0.1, 0.15) is 31.9 Å². The number of carbonyl (C=O) groups is 2. The van der Waals surface area contributed by atoms with Gasteiger partial charge in [0.05, 0.1) is 12.0 Å². The van der Waals surface area contributed by atoms with Crippen molar-refractivity contribution < 1.29 is 48.6 Å². The largest absolute Gasteiger partial charge is 0.455 e. The molecule has 4 unspecified atom stereocenters. The fourth-order valence-electron chi connectivity index (χ4n) is 9.43. The van der Waals surface area contributed by atoms with Crippen LogP contribution in [-0.2, 0) is 39.2 Å². The van der Waals surface area contributed by atoms with E-state index in [2.05, 4.69) is 6.58 Å². The Balaban J connectivity index is 1.36. The van der Waals surface area contributed by atoms with Gasteiger partial charge >= 0.3 is 11.9 Å². The van der Waals surface area contributed by atoms with Crippen molar-refractivity contribution in [1.29, 1.82) is 0 Å². The number of hydrogen-bond donors (Lipinski definition) is 3. The van der Waals surface area contributed by atoms with Crippen LogP contribution < -0.4 is 0 Å². The number of ketones is 1. The molecule has 8 rings (SSSR count). The van der Waals surface area contributed by atoms with E-state index >= 15 is 0 Å². The number of benzene rings is 2. The van der Waals surface area contributed by atoms with E-state index in [-0.39, 0.29) is 0 Å². The topological polar surface area (TPSA) is 144 Å². The van der Waals surface area contributed by atoms with Crippen molar-refractivity contribution in [3.05, 3.63) is 102 Å². The van der Waals surface area contributed by atoms with Gasteiger partial charge in [0.25, 0.3) is 0 Å². The quantitative estimate of drug-likeness (QED) is 0.189. The van der Waals surface area contributed by atoms with Crippen molar-refractivity contribution in [2.75, 3.05) is 6.61 Å². The molecule has 2 saturated carbocycles. The van der Waals surface area contributed by atoms with E-state index < -0.39 is 88.4 Å². The molecule has 3 saturated heterocycles. The number of esters is 1. The minimum atomic E-state index is -2.48. The van der Waals surface area contributed by atoms with Crippen molar-refractivity contribution in [2.45, 2.75) is 73.6 Å². The van der Waals surface area contributed by atoms with Crippen LogP contribution in [0, 0.1) is 17.3 Å². The van der Waals surface area contributed by atoms with Gasteiger partial charge in [0.2, 0.25) is 0 Å². The number of hydrogen-bond acceptors (Lipinski definition) is 10. The maximum atomic E-state index is 13.7. The van der Waals surface area contributed by atoms with Crippen LogP contribution in [-0.4, -0.2) is 80.5 Å². The average Bonchev–Trinajstić information content (AvgIpc) is 3.68. The van der Waals surface area contributed by atoms with E-state index in [1.807, 2.05) is 43.3 Å². The number of fused-ring (bicyclic) bond motifs is 3. The van der Waals surface area contributed by atoms with Crippen molar-refractivity contribution in [1.82, 2.24) is 0 Å². The van der Waals surface area contributed by atoms with E-state index in [4.69, 9.17) is 23.7 Å². The molecule has 0 spiro atoms. The molecule has 3 aliphatic heterocycles. The molecule has 10 heteroatoms. The Morgan fingerprint density at radius 1 is 1.04 bits per heavy atom. The number of epoxide rings is 1. The van der Waals surface area contributed by atoms with Crippen LogP contribution in [0.25, 0.3) is 6.08 Å². The molecule has 240 valence electrons. The van der Waals surface area contributed by atoms with Crippen LogP contribution in [0.2, 0.25) is 0 Å². The molecule has 2 aromatic rings. The normalized spacial score (nSPS) is 47.7. The van der Waals surface area contributed by atoms with Crippen molar-refractivity contribution >= 4 is 17.8 Å². The molecule has 0 amide bonds. The zero-order chi connectivity index (χ0) is 32.5. The minimum Gasteiger partial charge on any atom is -0.455 e. The van der Waals surface area contributed by atoms with Gasteiger partial charge in [-0.1, -0.05) is 80.2 Å². The standard InChI is InChI=1S/C36H36O10/c1-20(2)33-27(42-25(39)16-15-22-11-7-5-8-12-22)21(3)35-26(29(33)44-36(45-33,46-35)23-13-9-6-10-14-23)28-32(19-37,43-28)30(40)34(41)24(38)17-18-31(34,35)4/h5-18,21,26-30,37,40-41H,1,19H2,2-4H3/b16-15+/t21-,26+,27-,28+,29?,30-,31-,32+,33?,34-,35?,36?/m1/s1. The fraction of sp³-hybridized carbons (Fsp3) is 0.444. The number of rotatable bonds is 6. The average molecular weight is 629 g/mol.